The minimum absolute atomic E-state index is 0.0492. The van der Waals surface area contributed by atoms with Crippen LogP contribution in [-0.4, -0.2) is 74.7 Å². The molecule has 0 radical (unpaired) electrons. The Balaban J connectivity index is 1.68. The van der Waals surface area contributed by atoms with Crippen molar-refractivity contribution in [1.29, 1.82) is 0 Å². The SMILES string of the molecule is CN(C)C(=O)COCC12CCCOC1CCN(C(=O)c1ccco1)C2. The van der Waals surface area contributed by atoms with E-state index >= 15 is 0 Å². The van der Waals surface area contributed by atoms with E-state index in [2.05, 4.69) is 0 Å². The van der Waals surface area contributed by atoms with Crippen LogP contribution in [0.3, 0.4) is 0 Å². The summed E-state index contributed by atoms with van der Waals surface area (Å²) in [5, 5.41) is 0. The number of hydrogen-bond acceptors (Lipinski definition) is 5. The number of ether oxygens (including phenoxy) is 2. The van der Waals surface area contributed by atoms with E-state index in [0.717, 1.165) is 25.9 Å². The molecule has 2 aliphatic heterocycles. The van der Waals surface area contributed by atoms with Gasteiger partial charge in [0.25, 0.3) is 5.91 Å². The molecule has 0 saturated carbocycles. The third kappa shape index (κ3) is 3.88. The molecule has 2 unspecified atom stereocenters. The van der Waals surface area contributed by atoms with Crippen LogP contribution in [0.2, 0.25) is 0 Å². The Hall–Kier alpha value is -1.86. The summed E-state index contributed by atoms with van der Waals surface area (Å²) in [6.45, 7) is 2.41. The molecule has 3 heterocycles. The highest BCUT2D eigenvalue weighted by Crippen LogP contribution is 2.40. The first-order valence-electron chi connectivity index (χ1n) is 8.74. The van der Waals surface area contributed by atoms with Gasteiger partial charge in [-0.15, -0.1) is 0 Å². The zero-order chi connectivity index (χ0) is 17.9. The first-order chi connectivity index (χ1) is 12.0. The van der Waals surface area contributed by atoms with Gasteiger partial charge in [0.05, 0.1) is 19.0 Å². The standard InChI is InChI=1S/C18H26N2O5/c1-19(2)16(21)11-23-13-18-7-4-10-25-15(18)6-8-20(12-18)17(22)14-5-3-9-24-14/h3,5,9,15H,4,6-8,10-13H2,1-2H3. The molecule has 0 spiro atoms. The Kier molecular flexibility index (Phi) is 5.44. The van der Waals surface area contributed by atoms with Gasteiger partial charge in [-0.25, -0.2) is 0 Å². The second-order valence-corrected chi connectivity index (χ2v) is 7.10. The summed E-state index contributed by atoms with van der Waals surface area (Å²) >= 11 is 0. The van der Waals surface area contributed by atoms with Crippen LogP contribution < -0.4 is 0 Å². The number of likely N-dealkylation sites (N-methyl/N-ethyl adjacent to an activating group) is 1. The lowest BCUT2D eigenvalue weighted by Gasteiger charge is -2.50. The van der Waals surface area contributed by atoms with Crippen molar-refractivity contribution in [2.24, 2.45) is 5.41 Å². The Morgan fingerprint density at radius 2 is 2.28 bits per heavy atom. The van der Waals surface area contributed by atoms with E-state index < -0.39 is 0 Å². The Labute approximate surface area is 147 Å². The van der Waals surface area contributed by atoms with Crippen LogP contribution in [0.5, 0.6) is 0 Å². The quantitative estimate of drug-likeness (QED) is 0.803. The number of amides is 2. The molecule has 1 aromatic rings. The van der Waals surface area contributed by atoms with Crippen molar-refractivity contribution in [3.63, 3.8) is 0 Å². The fourth-order valence-electron chi connectivity index (χ4n) is 3.70. The van der Waals surface area contributed by atoms with Gasteiger partial charge in [-0.3, -0.25) is 9.59 Å². The van der Waals surface area contributed by atoms with E-state index in [9.17, 15) is 9.59 Å². The molecule has 1 aromatic heterocycles. The molecule has 7 heteroatoms. The Morgan fingerprint density at radius 1 is 1.44 bits per heavy atom. The lowest BCUT2D eigenvalue weighted by atomic mass is 9.73. The fourth-order valence-corrected chi connectivity index (χ4v) is 3.70. The summed E-state index contributed by atoms with van der Waals surface area (Å²) in [5.74, 6) is 0.191. The van der Waals surface area contributed by atoms with Gasteiger partial charge in [0.15, 0.2) is 5.76 Å². The molecule has 25 heavy (non-hydrogen) atoms. The lowest BCUT2D eigenvalue weighted by Crippen LogP contribution is -2.58. The number of likely N-dealkylation sites (tertiary alicyclic amines) is 1. The fraction of sp³-hybridized carbons (Fsp3) is 0.667. The zero-order valence-electron chi connectivity index (χ0n) is 14.9. The van der Waals surface area contributed by atoms with E-state index in [1.807, 2.05) is 4.90 Å². The van der Waals surface area contributed by atoms with E-state index in [1.165, 1.54) is 11.2 Å². The minimum Gasteiger partial charge on any atom is -0.459 e. The van der Waals surface area contributed by atoms with E-state index in [1.54, 1.807) is 26.2 Å². The van der Waals surface area contributed by atoms with Crippen molar-refractivity contribution in [3.05, 3.63) is 24.2 Å². The monoisotopic (exact) mass is 350 g/mol. The van der Waals surface area contributed by atoms with Crippen LogP contribution in [0.4, 0.5) is 0 Å². The van der Waals surface area contributed by atoms with Crippen LogP contribution >= 0.6 is 0 Å². The highest BCUT2D eigenvalue weighted by molar-refractivity contribution is 5.91. The second-order valence-electron chi connectivity index (χ2n) is 7.10. The molecular formula is C18H26N2O5. The van der Waals surface area contributed by atoms with E-state index in [4.69, 9.17) is 13.9 Å². The molecule has 0 bridgehead atoms. The van der Waals surface area contributed by atoms with Gasteiger partial charge in [0.1, 0.15) is 6.61 Å². The summed E-state index contributed by atoms with van der Waals surface area (Å²) in [6, 6.07) is 3.40. The molecule has 0 aromatic carbocycles. The van der Waals surface area contributed by atoms with Gasteiger partial charge >= 0.3 is 0 Å². The van der Waals surface area contributed by atoms with Crippen molar-refractivity contribution in [2.75, 3.05) is 47.0 Å². The van der Waals surface area contributed by atoms with Crippen molar-refractivity contribution in [3.8, 4) is 0 Å². The number of rotatable bonds is 5. The molecule has 2 atom stereocenters. The number of nitrogens with zero attached hydrogens (tertiary/aromatic N) is 2. The maximum absolute atomic E-state index is 12.6. The molecule has 138 valence electrons. The average Bonchev–Trinajstić information content (AvgIpc) is 3.15. The number of piperidine rings is 1. The number of fused-ring (bicyclic) bond motifs is 1. The summed E-state index contributed by atoms with van der Waals surface area (Å²) < 4.78 is 17.0. The number of carbonyl (C=O) groups is 2. The maximum atomic E-state index is 12.6. The third-order valence-corrected chi connectivity index (χ3v) is 5.12. The summed E-state index contributed by atoms with van der Waals surface area (Å²) in [6.07, 6.45) is 4.21. The van der Waals surface area contributed by atoms with Gasteiger partial charge in [-0.1, -0.05) is 0 Å². The smallest absolute Gasteiger partial charge is 0.289 e. The molecule has 2 amide bonds. The largest absolute Gasteiger partial charge is 0.459 e. The van der Waals surface area contributed by atoms with Gasteiger partial charge in [-0.2, -0.15) is 0 Å². The highest BCUT2D eigenvalue weighted by atomic mass is 16.5. The van der Waals surface area contributed by atoms with Crippen molar-refractivity contribution < 1.29 is 23.5 Å². The predicted molar refractivity (Wildman–Crippen MR) is 90.1 cm³/mol. The van der Waals surface area contributed by atoms with Crippen LogP contribution in [0.25, 0.3) is 0 Å². The zero-order valence-corrected chi connectivity index (χ0v) is 14.9. The topological polar surface area (TPSA) is 72.2 Å². The minimum atomic E-state index is -0.259. The summed E-state index contributed by atoms with van der Waals surface area (Å²) in [4.78, 5) is 27.7. The Bertz CT molecular complexity index is 601. The van der Waals surface area contributed by atoms with Gasteiger partial charge in [-0.05, 0) is 31.4 Å². The highest BCUT2D eigenvalue weighted by Gasteiger charge is 2.47. The van der Waals surface area contributed by atoms with Crippen molar-refractivity contribution in [1.82, 2.24) is 9.80 Å². The molecule has 0 aliphatic carbocycles. The third-order valence-electron chi connectivity index (χ3n) is 5.12. The molecular weight excluding hydrogens is 324 g/mol. The number of furan rings is 1. The van der Waals surface area contributed by atoms with Crippen LogP contribution in [0.15, 0.2) is 22.8 Å². The molecule has 2 fully saturated rings. The maximum Gasteiger partial charge on any atom is 0.289 e. The van der Waals surface area contributed by atoms with Gasteiger partial charge in [0, 0.05) is 39.2 Å². The molecule has 2 saturated heterocycles. The van der Waals surface area contributed by atoms with Crippen LogP contribution in [0, 0.1) is 5.41 Å². The normalized spacial score (nSPS) is 26.2. The van der Waals surface area contributed by atoms with Crippen LogP contribution in [-0.2, 0) is 14.3 Å². The average molecular weight is 350 g/mol. The van der Waals surface area contributed by atoms with E-state index in [-0.39, 0.29) is 29.9 Å². The van der Waals surface area contributed by atoms with E-state index in [0.29, 0.717) is 25.5 Å². The van der Waals surface area contributed by atoms with Crippen molar-refractivity contribution >= 4 is 11.8 Å². The number of carbonyl (C=O) groups excluding carboxylic acids is 2. The summed E-state index contributed by atoms with van der Waals surface area (Å²) in [7, 11) is 3.42. The molecule has 2 aliphatic rings. The first kappa shape index (κ1) is 17.9. The molecule has 3 rings (SSSR count). The van der Waals surface area contributed by atoms with Gasteiger partial charge in [0.2, 0.25) is 5.91 Å². The van der Waals surface area contributed by atoms with Crippen LogP contribution in [0.1, 0.15) is 29.8 Å². The lowest BCUT2D eigenvalue weighted by molar-refractivity contribution is -0.155. The second kappa shape index (κ2) is 7.58. The molecule has 0 N–H and O–H groups in total. The number of hydrogen-bond donors (Lipinski definition) is 0. The van der Waals surface area contributed by atoms with Crippen molar-refractivity contribution in [2.45, 2.75) is 25.4 Å². The summed E-state index contributed by atoms with van der Waals surface area (Å²) in [5.41, 5.74) is -0.259. The Morgan fingerprint density at radius 3 is 3.00 bits per heavy atom. The predicted octanol–water partition coefficient (Wildman–Crippen LogP) is 1.40. The van der Waals surface area contributed by atoms with Gasteiger partial charge < -0.3 is 23.7 Å². The first-order valence-corrected chi connectivity index (χ1v) is 8.74. The molecule has 7 nitrogen and oxygen atoms in total.